The second-order valence-electron chi connectivity index (χ2n) is 7.27. The first-order valence-electron chi connectivity index (χ1n) is 9.87. The van der Waals surface area contributed by atoms with Crippen LogP contribution in [0.5, 0.6) is 5.75 Å². The standard InChI is InChI=1S/C24H21N3O2S/c28-23(22-15-30-24(27-22)17-7-4-10-25-12-17)20-13-26-21-11-18(8-9-19(20)21)29-14-16-5-2-1-3-6-16/h1-13,22,24,26-27H,14-15H2/t22-,24-/m0/s1. The molecule has 1 aliphatic rings. The lowest BCUT2D eigenvalue weighted by Crippen LogP contribution is -2.34. The van der Waals surface area contributed by atoms with Gasteiger partial charge in [-0.2, -0.15) is 0 Å². The number of rotatable bonds is 6. The SMILES string of the molecule is O=C(c1c[nH]c2cc(OCc3ccccc3)ccc12)[C@@H]1CS[C@@H](c2cccnc2)N1. The number of carbonyl (C=O) groups is 1. The van der Waals surface area contributed by atoms with Crippen LogP contribution in [0.3, 0.4) is 0 Å². The monoisotopic (exact) mass is 415 g/mol. The predicted molar refractivity (Wildman–Crippen MR) is 120 cm³/mol. The number of hydrogen-bond donors (Lipinski definition) is 2. The number of nitrogens with zero attached hydrogens (tertiary/aromatic N) is 1. The van der Waals surface area contributed by atoms with Crippen molar-refractivity contribution in [1.82, 2.24) is 15.3 Å². The van der Waals surface area contributed by atoms with Gasteiger partial charge in [0.25, 0.3) is 0 Å². The first-order chi connectivity index (χ1) is 14.8. The van der Waals surface area contributed by atoms with Gasteiger partial charge in [0.15, 0.2) is 5.78 Å². The molecule has 3 heterocycles. The Balaban J connectivity index is 1.29. The van der Waals surface area contributed by atoms with E-state index in [1.807, 2.05) is 66.9 Å². The Morgan fingerprint density at radius 3 is 2.87 bits per heavy atom. The number of nitrogens with one attached hydrogen (secondary N) is 2. The number of hydrogen-bond acceptors (Lipinski definition) is 5. The average Bonchev–Trinajstić information content (AvgIpc) is 3.46. The summed E-state index contributed by atoms with van der Waals surface area (Å²) in [6.45, 7) is 0.512. The van der Waals surface area contributed by atoms with Gasteiger partial charge >= 0.3 is 0 Å². The van der Waals surface area contributed by atoms with Crippen LogP contribution in [0.2, 0.25) is 0 Å². The van der Waals surface area contributed by atoms with Gasteiger partial charge in [0.05, 0.1) is 11.4 Å². The molecule has 2 aromatic carbocycles. The van der Waals surface area contributed by atoms with Crippen molar-refractivity contribution in [2.75, 3.05) is 5.75 Å². The molecule has 0 aliphatic carbocycles. The zero-order valence-corrected chi connectivity index (χ0v) is 17.1. The Kier molecular flexibility index (Phi) is 5.26. The van der Waals surface area contributed by atoms with Crippen molar-refractivity contribution in [2.45, 2.75) is 18.0 Å². The van der Waals surface area contributed by atoms with Crippen LogP contribution >= 0.6 is 11.8 Å². The fourth-order valence-electron chi connectivity index (χ4n) is 3.67. The number of aromatic amines is 1. The number of fused-ring (bicyclic) bond motifs is 1. The number of benzene rings is 2. The van der Waals surface area contributed by atoms with Gasteiger partial charge in [0.1, 0.15) is 12.4 Å². The maximum Gasteiger partial charge on any atom is 0.182 e. The molecule has 0 saturated carbocycles. The van der Waals surface area contributed by atoms with E-state index in [4.69, 9.17) is 4.74 Å². The first-order valence-corrected chi connectivity index (χ1v) is 10.9. The van der Waals surface area contributed by atoms with Gasteiger partial charge in [0, 0.05) is 46.9 Å². The molecule has 6 heteroatoms. The highest BCUT2D eigenvalue weighted by molar-refractivity contribution is 7.99. The van der Waals surface area contributed by atoms with Crippen molar-refractivity contribution >= 4 is 28.4 Å². The Morgan fingerprint density at radius 1 is 1.13 bits per heavy atom. The van der Waals surface area contributed by atoms with Crippen LogP contribution in [-0.4, -0.2) is 27.5 Å². The summed E-state index contributed by atoms with van der Waals surface area (Å²) in [5.74, 6) is 1.63. The van der Waals surface area contributed by atoms with Crippen LogP contribution in [0.4, 0.5) is 0 Å². The van der Waals surface area contributed by atoms with E-state index in [0.717, 1.165) is 33.5 Å². The Hall–Kier alpha value is -3.09. The molecule has 1 fully saturated rings. The van der Waals surface area contributed by atoms with Gasteiger partial charge in [-0.15, -0.1) is 11.8 Å². The molecule has 150 valence electrons. The van der Waals surface area contributed by atoms with Gasteiger partial charge in [-0.05, 0) is 29.3 Å². The number of H-pyrrole nitrogens is 1. The molecule has 5 rings (SSSR count). The van der Waals surface area contributed by atoms with Crippen LogP contribution in [0.1, 0.15) is 26.9 Å². The minimum Gasteiger partial charge on any atom is -0.489 e. The molecule has 2 N–H and O–H groups in total. The Morgan fingerprint density at radius 2 is 2.03 bits per heavy atom. The van der Waals surface area contributed by atoms with Gasteiger partial charge in [-0.3, -0.25) is 15.1 Å². The zero-order valence-electron chi connectivity index (χ0n) is 16.2. The molecule has 1 saturated heterocycles. The molecular weight excluding hydrogens is 394 g/mol. The minimum atomic E-state index is -0.215. The zero-order chi connectivity index (χ0) is 20.3. The molecule has 2 aromatic heterocycles. The molecule has 4 aromatic rings. The van der Waals surface area contributed by atoms with Gasteiger partial charge in [-0.25, -0.2) is 0 Å². The highest BCUT2D eigenvalue weighted by Gasteiger charge is 2.32. The summed E-state index contributed by atoms with van der Waals surface area (Å²) in [4.78, 5) is 20.6. The van der Waals surface area contributed by atoms with Crippen molar-refractivity contribution < 1.29 is 9.53 Å². The smallest absolute Gasteiger partial charge is 0.182 e. The summed E-state index contributed by atoms with van der Waals surface area (Å²) >= 11 is 1.74. The topological polar surface area (TPSA) is 67.0 Å². The normalized spacial score (nSPS) is 18.5. The van der Waals surface area contributed by atoms with E-state index in [-0.39, 0.29) is 17.2 Å². The lowest BCUT2D eigenvalue weighted by molar-refractivity contribution is 0.0957. The van der Waals surface area contributed by atoms with E-state index in [9.17, 15) is 4.79 Å². The van der Waals surface area contributed by atoms with Gasteiger partial charge < -0.3 is 9.72 Å². The number of Topliss-reactive ketones (excluding diaryl/α,β-unsaturated/α-hetero) is 1. The molecule has 0 spiro atoms. The summed E-state index contributed by atoms with van der Waals surface area (Å²) < 4.78 is 5.91. The maximum absolute atomic E-state index is 13.2. The van der Waals surface area contributed by atoms with E-state index < -0.39 is 0 Å². The summed E-state index contributed by atoms with van der Waals surface area (Å²) in [6, 6.07) is 19.6. The second kappa shape index (κ2) is 8.34. The number of ether oxygens (including phenoxy) is 1. The third kappa shape index (κ3) is 3.84. The maximum atomic E-state index is 13.2. The van der Waals surface area contributed by atoms with Crippen molar-refractivity contribution in [3.63, 3.8) is 0 Å². The molecule has 0 radical (unpaired) electrons. The van der Waals surface area contributed by atoms with E-state index >= 15 is 0 Å². The van der Waals surface area contributed by atoms with E-state index in [1.54, 1.807) is 24.2 Å². The van der Waals surface area contributed by atoms with Crippen LogP contribution in [-0.2, 0) is 6.61 Å². The molecule has 2 atom stereocenters. The predicted octanol–water partition coefficient (Wildman–Crippen LogP) is 4.73. The summed E-state index contributed by atoms with van der Waals surface area (Å²) in [5.41, 5.74) is 3.83. The number of aromatic nitrogens is 2. The number of ketones is 1. The van der Waals surface area contributed by atoms with Crippen LogP contribution in [0, 0.1) is 0 Å². The van der Waals surface area contributed by atoms with Crippen LogP contribution < -0.4 is 10.1 Å². The summed E-state index contributed by atoms with van der Waals surface area (Å²) in [7, 11) is 0. The van der Waals surface area contributed by atoms with E-state index in [0.29, 0.717) is 12.2 Å². The molecular formula is C24H21N3O2S. The second-order valence-corrected chi connectivity index (χ2v) is 8.41. The van der Waals surface area contributed by atoms with Crippen molar-refractivity contribution in [2.24, 2.45) is 0 Å². The Bertz CT molecular complexity index is 1160. The first kappa shape index (κ1) is 18.9. The Labute approximate surface area is 178 Å². The molecule has 0 unspecified atom stereocenters. The average molecular weight is 416 g/mol. The van der Waals surface area contributed by atoms with Crippen LogP contribution in [0.15, 0.2) is 79.3 Å². The third-order valence-corrected chi connectivity index (χ3v) is 6.52. The number of pyridine rings is 1. The number of carbonyl (C=O) groups excluding carboxylic acids is 1. The largest absolute Gasteiger partial charge is 0.489 e. The highest BCUT2D eigenvalue weighted by atomic mass is 32.2. The molecule has 0 bridgehead atoms. The van der Waals surface area contributed by atoms with Crippen molar-refractivity contribution in [3.8, 4) is 5.75 Å². The molecule has 5 nitrogen and oxygen atoms in total. The molecule has 1 aliphatic heterocycles. The number of thioether (sulfide) groups is 1. The van der Waals surface area contributed by atoms with Crippen LogP contribution in [0.25, 0.3) is 10.9 Å². The summed E-state index contributed by atoms with van der Waals surface area (Å²) in [6.07, 6.45) is 5.41. The van der Waals surface area contributed by atoms with Gasteiger partial charge in [0.2, 0.25) is 0 Å². The highest BCUT2D eigenvalue weighted by Crippen LogP contribution is 2.34. The summed E-state index contributed by atoms with van der Waals surface area (Å²) in [5, 5.41) is 4.46. The fraction of sp³-hybridized carbons (Fsp3) is 0.167. The molecule has 0 amide bonds. The van der Waals surface area contributed by atoms with Crippen molar-refractivity contribution in [1.29, 1.82) is 0 Å². The van der Waals surface area contributed by atoms with E-state index in [1.165, 1.54) is 0 Å². The van der Waals surface area contributed by atoms with Crippen molar-refractivity contribution in [3.05, 3.63) is 95.9 Å². The van der Waals surface area contributed by atoms with E-state index in [2.05, 4.69) is 15.3 Å². The lowest BCUT2D eigenvalue weighted by Gasteiger charge is -2.12. The lowest BCUT2D eigenvalue weighted by atomic mass is 10.0. The quantitative estimate of drug-likeness (QED) is 0.446. The van der Waals surface area contributed by atoms with Gasteiger partial charge in [-0.1, -0.05) is 36.4 Å². The molecule has 30 heavy (non-hydrogen) atoms. The minimum absolute atomic E-state index is 0.0934. The third-order valence-electron chi connectivity index (χ3n) is 5.25. The fourth-order valence-corrected chi connectivity index (χ4v) is 4.90.